The fourth-order valence-electron chi connectivity index (χ4n) is 1.56. The van der Waals surface area contributed by atoms with E-state index < -0.39 is 30.3 Å². The largest absolute Gasteiger partial charge is 0.396 e. The van der Waals surface area contributed by atoms with Crippen LogP contribution >= 0.6 is 0 Å². The number of aliphatic hydroxyl groups excluding tert-OH is 4. The maximum Gasteiger partial charge on any atom is 0.0955 e. The molecule has 72 valence electrons. The molecule has 0 amide bonds. The smallest absolute Gasteiger partial charge is 0.0955 e. The molecule has 1 aliphatic carbocycles. The third-order valence-electron chi connectivity index (χ3n) is 2.45. The zero-order valence-electron chi connectivity index (χ0n) is 6.67. The Hall–Kier alpha value is -0.200. The number of aliphatic hydroxyl groups is 4. The molecule has 5 heteroatoms. The molecule has 0 aliphatic heterocycles. The second kappa shape index (κ2) is 3.68. The lowest BCUT2D eigenvalue weighted by atomic mass is 9.80. The molecule has 0 saturated heterocycles. The van der Waals surface area contributed by atoms with E-state index in [-0.39, 0.29) is 13.0 Å². The van der Waals surface area contributed by atoms with Gasteiger partial charge in [0.05, 0.1) is 24.9 Å². The van der Waals surface area contributed by atoms with E-state index in [9.17, 15) is 15.3 Å². The van der Waals surface area contributed by atoms with Gasteiger partial charge in [-0.15, -0.1) is 0 Å². The van der Waals surface area contributed by atoms with Crippen LogP contribution in [0.4, 0.5) is 0 Å². The van der Waals surface area contributed by atoms with Crippen LogP contribution in [0.3, 0.4) is 0 Å². The first kappa shape index (κ1) is 9.88. The molecule has 0 unspecified atom stereocenters. The summed E-state index contributed by atoms with van der Waals surface area (Å²) in [6.07, 6.45) is -2.80. The highest BCUT2D eigenvalue weighted by atomic mass is 16.3. The first-order valence-corrected chi connectivity index (χ1v) is 3.98. The molecule has 0 aromatic carbocycles. The topological polar surface area (TPSA) is 107 Å². The van der Waals surface area contributed by atoms with Crippen molar-refractivity contribution in [3.05, 3.63) is 0 Å². The summed E-state index contributed by atoms with van der Waals surface area (Å²) in [7, 11) is 0. The summed E-state index contributed by atoms with van der Waals surface area (Å²) in [5.74, 6) is -0.681. The van der Waals surface area contributed by atoms with E-state index in [1.165, 1.54) is 0 Å². The fraction of sp³-hybridized carbons (Fsp3) is 1.00. The Morgan fingerprint density at radius 3 is 2.25 bits per heavy atom. The molecule has 6 N–H and O–H groups in total. The van der Waals surface area contributed by atoms with E-state index in [2.05, 4.69) is 0 Å². The zero-order valence-corrected chi connectivity index (χ0v) is 6.67. The van der Waals surface area contributed by atoms with Crippen LogP contribution in [0.1, 0.15) is 6.42 Å². The summed E-state index contributed by atoms with van der Waals surface area (Å²) in [4.78, 5) is 0. The molecule has 0 bridgehead atoms. The van der Waals surface area contributed by atoms with Crippen LogP contribution in [-0.4, -0.2) is 51.4 Å². The van der Waals surface area contributed by atoms with Gasteiger partial charge < -0.3 is 26.2 Å². The first-order chi connectivity index (χ1) is 5.57. The quantitative estimate of drug-likeness (QED) is 0.302. The van der Waals surface area contributed by atoms with Gasteiger partial charge in [0, 0.05) is 12.0 Å². The highest BCUT2D eigenvalue weighted by molar-refractivity contribution is 4.93. The summed E-state index contributed by atoms with van der Waals surface area (Å²) in [5, 5.41) is 36.7. The minimum absolute atomic E-state index is 0.212. The van der Waals surface area contributed by atoms with Crippen LogP contribution in [0.15, 0.2) is 0 Å². The Balaban J connectivity index is 2.65. The van der Waals surface area contributed by atoms with Gasteiger partial charge in [-0.3, -0.25) is 0 Å². The Morgan fingerprint density at radius 2 is 1.75 bits per heavy atom. The molecular formula is C7H15NO4. The monoisotopic (exact) mass is 177 g/mol. The molecule has 1 fully saturated rings. The van der Waals surface area contributed by atoms with Crippen molar-refractivity contribution in [3.63, 3.8) is 0 Å². The molecule has 12 heavy (non-hydrogen) atoms. The average Bonchev–Trinajstić information content (AvgIpc) is 2.01. The van der Waals surface area contributed by atoms with Gasteiger partial charge in [-0.05, 0) is 6.42 Å². The predicted molar refractivity (Wildman–Crippen MR) is 41.2 cm³/mol. The van der Waals surface area contributed by atoms with E-state index in [1.807, 2.05) is 0 Å². The van der Waals surface area contributed by atoms with Crippen molar-refractivity contribution in [2.75, 3.05) is 6.61 Å². The molecule has 0 spiro atoms. The Morgan fingerprint density at radius 1 is 1.17 bits per heavy atom. The standard InChI is InChI=1S/C7H15NO4/c8-4-1-5(10)3(2-9)6(11)7(4)12/h3-7,9-12H,1-2,8H2/t3-,4-,5+,6-,7+/m1/s1. The van der Waals surface area contributed by atoms with Crippen molar-refractivity contribution in [2.24, 2.45) is 11.7 Å². The third kappa shape index (κ3) is 1.60. The number of nitrogens with two attached hydrogens (primary N) is 1. The van der Waals surface area contributed by atoms with Crippen LogP contribution < -0.4 is 5.73 Å². The van der Waals surface area contributed by atoms with E-state index in [0.29, 0.717) is 0 Å². The number of rotatable bonds is 1. The molecule has 0 aromatic heterocycles. The van der Waals surface area contributed by atoms with Crippen LogP contribution in [0, 0.1) is 5.92 Å². The van der Waals surface area contributed by atoms with Crippen molar-refractivity contribution >= 4 is 0 Å². The summed E-state index contributed by atoms with van der Waals surface area (Å²) in [6.45, 7) is -0.341. The lowest BCUT2D eigenvalue weighted by Gasteiger charge is -2.38. The second-order valence-electron chi connectivity index (χ2n) is 3.29. The van der Waals surface area contributed by atoms with E-state index in [4.69, 9.17) is 10.8 Å². The third-order valence-corrected chi connectivity index (χ3v) is 2.45. The van der Waals surface area contributed by atoms with Gasteiger partial charge >= 0.3 is 0 Å². The van der Waals surface area contributed by atoms with Crippen LogP contribution in [0.5, 0.6) is 0 Å². The van der Waals surface area contributed by atoms with Crippen LogP contribution in [0.25, 0.3) is 0 Å². The maximum atomic E-state index is 9.33. The SMILES string of the molecule is N[C@@H]1C[C@H](O)[C@@H](CO)[C@@H](O)[C@H]1O. The molecule has 1 aliphatic rings. The fourth-order valence-corrected chi connectivity index (χ4v) is 1.56. The van der Waals surface area contributed by atoms with Gasteiger partial charge in [0.25, 0.3) is 0 Å². The maximum absolute atomic E-state index is 9.33. The molecule has 5 nitrogen and oxygen atoms in total. The normalized spacial score (nSPS) is 49.2. The summed E-state index contributed by atoms with van der Waals surface area (Å²) < 4.78 is 0. The van der Waals surface area contributed by atoms with Gasteiger partial charge in [-0.1, -0.05) is 0 Å². The Kier molecular flexibility index (Phi) is 3.03. The lowest BCUT2D eigenvalue weighted by molar-refractivity contribution is -0.116. The molecule has 1 saturated carbocycles. The summed E-state index contributed by atoms with van der Waals surface area (Å²) >= 11 is 0. The zero-order chi connectivity index (χ0) is 9.30. The van der Waals surface area contributed by atoms with Crippen LogP contribution in [0.2, 0.25) is 0 Å². The van der Waals surface area contributed by atoms with Crippen molar-refractivity contribution in [2.45, 2.75) is 30.8 Å². The van der Waals surface area contributed by atoms with Gasteiger partial charge in [0.1, 0.15) is 0 Å². The van der Waals surface area contributed by atoms with Gasteiger partial charge in [-0.2, -0.15) is 0 Å². The van der Waals surface area contributed by atoms with E-state index in [0.717, 1.165) is 0 Å². The predicted octanol–water partition coefficient (Wildman–Crippen LogP) is -2.59. The molecule has 1 rings (SSSR count). The minimum Gasteiger partial charge on any atom is -0.396 e. The van der Waals surface area contributed by atoms with Crippen molar-refractivity contribution in [1.29, 1.82) is 0 Å². The summed E-state index contributed by atoms with van der Waals surface area (Å²) in [6, 6.07) is -0.613. The van der Waals surface area contributed by atoms with Crippen molar-refractivity contribution < 1.29 is 20.4 Å². The Labute approximate surface area is 70.4 Å². The highest BCUT2D eigenvalue weighted by Gasteiger charge is 2.40. The number of hydrogen-bond acceptors (Lipinski definition) is 5. The average molecular weight is 177 g/mol. The van der Waals surface area contributed by atoms with E-state index >= 15 is 0 Å². The van der Waals surface area contributed by atoms with Gasteiger partial charge in [-0.25, -0.2) is 0 Å². The highest BCUT2D eigenvalue weighted by Crippen LogP contribution is 2.24. The lowest BCUT2D eigenvalue weighted by Crippen LogP contribution is -2.56. The van der Waals surface area contributed by atoms with Gasteiger partial charge in [0.15, 0.2) is 0 Å². The van der Waals surface area contributed by atoms with Gasteiger partial charge in [0.2, 0.25) is 0 Å². The molecule has 0 heterocycles. The minimum atomic E-state index is -1.13. The molecule has 5 atom stereocenters. The van der Waals surface area contributed by atoms with Crippen molar-refractivity contribution in [3.8, 4) is 0 Å². The second-order valence-corrected chi connectivity index (χ2v) is 3.29. The first-order valence-electron chi connectivity index (χ1n) is 3.98. The summed E-state index contributed by atoms with van der Waals surface area (Å²) in [5.41, 5.74) is 5.42. The van der Waals surface area contributed by atoms with Crippen LogP contribution in [-0.2, 0) is 0 Å². The molecule has 0 aromatic rings. The number of hydrogen-bond donors (Lipinski definition) is 5. The van der Waals surface area contributed by atoms with Crippen molar-refractivity contribution in [1.82, 2.24) is 0 Å². The van der Waals surface area contributed by atoms with E-state index in [1.54, 1.807) is 0 Å². The Bertz CT molecular complexity index is 154. The molecule has 0 radical (unpaired) electrons. The molecular weight excluding hydrogens is 162 g/mol.